The second-order valence-electron chi connectivity index (χ2n) is 3.47. The summed E-state index contributed by atoms with van der Waals surface area (Å²) in [6.45, 7) is 0.346. The molecular weight excluding hydrogens is 246 g/mol. The molecule has 1 aromatic heterocycles. The average Bonchev–Trinajstić information content (AvgIpc) is 2.29. The number of nitrogen functional groups attached to an aromatic ring is 1. The van der Waals surface area contributed by atoms with Crippen molar-refractivity contribution in [2.45, 2.75) is 4.90 Å². The number of piperazine rings is 1. The molecule has 0 unspecified atom stereocenters. The zero-order valence-electron chi connectivity index (χ0n) is 8.83. The summed E-state index contributed by atoms with van der Waals surface area (Å²) in [5.41, 5.74) is 5.28. The number of anilines is 1. The smallest absolute Gasteiger partial charge is 0.246 e. The van der Waals surface area contributed by atoms with Crippen LogP contribution in [0.2, 0.25) is 0 Å². The van der Waals surface area contributed by atoms with Crippen LogP contribution < -0.4 is 11.1 Å². The first-order valence-electron chi connectivity index (χ1n) is 4.84. The molecular formula is C8H11N5O3S. The van der Waals surface area contributed by atoms with E-state index in [1.165, 1.54) is 0 Å². The van der Waals surface area contributed by atoms with Crippen molar-refractivity contribution in [3.05, 3.63) is 12.4 Å². The number of nitrogens with one attached hydrogen (secondary N) is 1. The number of amides is 1. The number of hydrogen-bond acceptors (Lipinski definition) is 6. The molecule has 2 heterocycles. The van der Waals surface area contributed by atoms with Gasteiger partial charge in [0.2, 0.25) is 21.9 Å². The van der Waals surface area contributed by atoms with Crippen molar-refractivity contribution in [1.29, 1.82) is 0 Å². The predicted octanol–water partition coefficient (Wildman–Crippen LogP) is -1.82. The Balaban J connectivity index is 2.29. The van der Waals surface area contributed by atoms with Crippen LogP contribution in [0.15, 0.2) is 17.3 Å². The highest BCUT2D eigenvalue weighted by Gasteiger charge is 2.29. The van der Waals surface area contributed by atoms with Crippen molar-refractivity contribution in [2.75, 3.05) is 25.4 Å². The number of nitrogens with two attached hydrogens (primary N) is 1. The fraction of sp³-hybridized carbons (Fsp3) is 0.375. The number of aromatic nitrogens is 2. The van der Waals surface area contributed by atoms with Crippen molar-refractivity contribution in [1.82, 2.24) is 19.6 Å². The van der Waals surface area contributed by atoms with Gasteiger partial charge in [-0.15, -0.1) is 0 Å². The zero-order valence-corrected chi connectivity index (χ0v) is 9.64. The summed E-state index contributed by atoms with van der Waals surface area (Å²) in [5, 5.41) is 2.55. The summed E-state index contributed by atoms with van der Waals surface area (Å²) in [6, 6.07) is 0. The molecule has 0 spiro atoms. The van der Waals surface area contributed by atoms with E-state index in [9.17, 15) is 13.2 Å². The van der Waals surface area contributed by atoms with E-state index in [2.05, 4.69) is 15.3 Å². The van der Waals surface area contributed by atoms with Crippen molar-refractivity contribution in [2.24, 2.45) is 0 Å². The van der Waals surface area contributed by atoms with Crippen LogP contribution in [0.4, 0.5) is 5.95 Å². The molecule has 17 heavy (non-hydrogen) atoms. The minimum Gasteiger partial charge on any atom is -0.368 e. The van der Waals surface area contributed by atoms with Crippen LogP contribution in [0.25, 0.3) is 0 Å². The quantitative estimate of drug-likeness (QED) is 0.644. The molecule has 2 rings (SSSR count). The van der Waals surface area contributed by atoms with Gasteiger partial charge in [-0.3, -0.25) is 4.79 Å². The second-order valence-corrected chi connectivity index (χ2v) is 5.40. The minimum atomic E-state index is -3.72. The fourth-order valence-corrected chi connectivity index (χ4v) is 2.72. The van der Waals surface area contributed by atoms with Crippen LogP contribution in [0.5, 0.6) is 0 Å². The molecule has 1 aliphatic heterocycles. The van der Waals surface area contributed by atoms with Crippen molar-refractivity contribution in [3.63, 3.8) is 0 Å². The molecule has 0 atom stereocenters. The lowest BCUT2D eigenvalue weighted by atomic mass is 10.4. The third-order valence-corrected chi connectivity index (χ3v) is 4.09. The first-order chi connectivity index (χ1) is 8.00. The van der Waals surface area contributed by atoms with Gasteiger partial charge in [0.15, 0.2) is 0 Å². The van der Waals surface area contributed by atoms with Crippen molar-refractivity contribution in [3.8, 4) is 0 Å². The van der Waals surface area contributed by atoms with Crippen LogP contribution in [-0.2, 0) is 14.8 Å². The number of sulfonamides is 1. The maximum Gasteiger partial charge on any atom is 0.246 e. The summed E-state index contributed by atoms with van der Waals surface area (Å²) < 4.78 is 25.2. The van der Waals surface area contributed by atoms with E-state index < -0.39 is 10.0 Å². The van der Waals surface area contributed by atoms with Crippen LogP contribution in [0, 0.1) is 0 Å². The molecule has 0 bridgehead atoms. The van der Waals surface area contributed by atoms with Gasteiger partial charge >= 0.3 is 0 Å². The molecule has 0 aliphatic carbocycles. The molecule has 0 saturated carbocycles. The highest BCUT2D eigenvalue weighted by molar-refractivity contribution is 7.89. The van der Waals surface area contributed by atoms with Gasteiger partial charge in [0.05, 0.1) is 18.9 Å². The molecule has 92 valence electrons. The maximum absolute atomic E-state index is 12.1. The molecule has 8 nitrogen and oxygen atoms in total. The van der Waals surface area contributed by atoms with E-state index >= 15 is 0 Å². The Labute approximate surface area is 97.9 Å². The minimum absolute atomic E-state index is 0.000312. The lowest BCUT2D eigenvalue weighted by Crippen LogP contribution is -2.49. The summed E-state index contributed by atoms with van der Waals surface area (Å²) in [7, 11) is -3.72. The molecule has 0 aromatic carbocycles. The van der Waals surface area contributed by atoms with E-state index in [-0.39, 0.29) is 29.8 Å². The number of rotatable bonds is 2. The van der Waals surface area contributed by atoms with Crippen molar-refractivity contribution >= 4 is 21.9 Å². The van der Waals surface area contributed by atoms with E-state index in [0.717, 1.165) is 16.7 Å². The first-order valence-corrected chi connectivity index (χ1v) is 6.28. The Morgan fingerprint density at radius 3 is 2.59 bits per heavy atom. The Bertz CT molecular complexity index is 527. The number of hydrogen-bond donors (Lipinski definition) is 2. The van der Waals surface area contributed by atoms with E-state index in [0.29, 0.717) is 6.54 Å². The molecule has 0 radical (unpaired) electrons. The van der Waals surface area contributed by atoms with Gasteiger partial charge in [0.25, 0.3) is 0 Å². The van der Waals surface area contributed by atoms with Gasteiger partial charge in [-0.1, -0.05) is 0 Å². The van der Waals surface area contributed by atoms with E-state index in [1.54, 1.807) is 0 Å². The van der Waals surface area contributed by atoms with Crippen LogP contribution in [0.3, 0.4) is 0 Å². The Morgan fingerprint density at radius 2 is 2.00 bits per heavy atom. The molecule has 9 heteroatoms. The average molecular weight is 257 g/mol. The number of nitrogens with zero attached hydrogens (tertiary/aromatic N) is 3. The third-order valence-electron chi connectivity index (χ3n) is 2.29. The van der Waals surface area contributed by atoms with E-state index in [4.69, 9.17) is 5.73 Å². The Hall–Kier alpha value is -1.74. The lowest BCUT2D eigenvalue weighted by molar-refractivity contribution is -0.122. The Kier molecular flexibility index (Phi) is 2.94. The summed E-state index contributed by atoms with van der Waals surface area (Å²) in [5.74, 6) is -0.323. The number of carbonyl (C=O) groups excluding carboxylic acids is 1. The van der Waals surface area contributed by atoms with Crippen LogP contribution in [-0.4, -0.2) is 48.2 Å². The summed E-state index contributed by atoms with van der Waals surface area (Å²) >= 11 is 0. The second kappa shape index (κ2) is 4.26. The molecule has 1 aliphatic rings. The van der Waals surface area contributed by atoms with Gasteiger partial charge in [0.1, 0.15) is 4.90 Å². The standard InChI is InChI=1S/C8H11N5O3S/c9-8-11-3-6(4-12-8)17(15,16)13-2-1-10-7(14)5-13/h3-4H,1-2,5H2,(H,10,14)(H2,9,11,12). The van der Waals surface area contributed by atoms with Gasteiger partial charge in [-0.25, -0.2) is 18.4 Å². The van der Waals surface area contributed by atoms with Crippen LogP contribution in [0.1, 0.15) is 0 Å². The maximum atomic E-state index is 12.1. The lowest BCUT2D eigenvalue weighted by Gasteiger charge is -2.25. The molecule has 3 N–H and O–H groups in total. The number of carbonyl (C=O) groups is 1. The van der Waals surface area contributed by atoms with Gasteiger partial charge in [-0.2, -0.15) is 4.31 Å². The van der Waals surface area contributed by atoms with E-state index in [1.807, 2.05) is 0 Å². The van der Waals surface area contributed by atoms with Crippen molar-refractivity contribution < 1.29 is 13.2 Å². The monoisotopic (exact) mass is 257 g/mol. The SMILES string of the molecule is Nc1ncc(S(=O)(=O)N2CCNC(=O)C2)cn1. The highest BCUT2D eigenvalue weighted by atomic mass is 32.2. The van der Waals surface area contributed by atoms with Gasteiger partial charge in [-0.05, 0) is 0 Å². The predicted molar refractivity (Wildman–Crippen MR) is 58.2 cm³/mol. The summed E-state index contributed by atoms with van der Waals surface area (Å²) in [6.07, 6.45) is 2.26. The van der Waals surface area contributed by atoms with Gasteiger partial charge < -0.3 is 11.1 Å². The summed E-state index contributed by atoms with van der Waals surface area (Å²) in [4.78, 5) is 18.3. The normalized spacial score (nSPS) is 17.8. The molecule has 1 saturated heterocycles. The first kappa shape index (κ1) is 11.7. The zero-order chi connectivity index (χ0) is 12.5. The largest absolute Gasteiger partial charge is 0.368 e. The molecule has 1 fully saturated rings. The third kappa shape index (κ3) is 2.34. The van der Waals surface area contributed by atoms with Gasteiger partial charge in [0, 0.05) is 13.1 Å². The van der Waals surface area contributed by atoms with Crippen LogP contribution >= 0.6 is 0 Å². The Morgan fingerprint density at radius 1 is 1.35 bits per heavy atom. The molecule has 1 amide bonds. The topological polar surface area (TPSA) is 118 Å². The highest BCUT2D eigenvalue weighted by Crippen LogP contribution is 2.14. The molecule has 1 aromatic rings. The fourth-order valence-electron chi connectivity index (χ4n) is 1.43.